The zero-order valence-electron chi connectivity index (χ0n) is 12.8. The molecule has 0 bridgehead atoms. The van der Waals surface area contributed by atoms with E-state index in [-0.39, 0.29) is 5.91 Å². The first-order valence-electron chi connectivity index (χ1n) is 7.30. The molecule has 3 aromatic rings. The Morgan fingerprint density at radius 1 is 1.17 bits per heavy atom. The summed E-state index contributed by atoms with van der Waals surface area (Å²) >= 11 is 4.72. The second-order valence-electron chi connectivity index (χ2n) is 4.80. The highest BCUT2D eigenvalue weighted by molar-refractivity contribution is 9.10. The number of para-hydroxylation sites is 1. The van der Waals surface area contributed by atoms with E-state index in [4.69, 9.17) is 4.74 Å². The van der Waals surface area contributed by atoms with Crippen LogP contribution in [0.5, 0.6) is 5.75 Å². The molecule has 2 aromatic carbocycles. The number of aromatic nitrogens is 2. The fourth-order valence-corrected chi connectivity index (χ4v) is 3.09. The molecule has 0 aliphatic carbocycles. The van der Waals surface area contributed by atoms with E-state index in [0.717, 1.165) is 15.0 Å². The van der Waals surface area contributed by atoms with Crippen LogP contribution in [0.1, 0.15) is 17.3 Å². The van der Waals surface area contributed by atoms with Gasteiger partial charge in [-0.2, -0.15) is 0 Å². The summed E-state index contributed by atoms with van der Waals surface area (Å²) in [5.74, 6) is 0.285. The van der Waals surface area contributed by atoms with Crippen molar-refractivity contribution >= 4 is 38.3 Å². The molecule has 24 heavy (non-hydrogen) atoms. The Morgan fingerprint density at radius 2 is 1.92 bits per heavy atom. The first-order chi connectivity index (χ1) is 11.7. The number of amides is 1. The van der Waals surface area contributed by atoms with Gasteiger partial charge in [-0.1, -0.05) is 51.5 Å². The van der Waals surface area contributed by atoms with Gasteiger partial charge in [-0.05, 0) is 31.2 Å². The van der Waals surface area contributed by atoms with Gasteiger partial charge in [0.1, 0.15) is 10.8 Å². The minimum Gasteiger partial charge on any atom is -0.493 e. The fraction of sp³-hybridized carbons (Fsp3) is 0.118. The van der Waals surface area contributed by atoms with E-state index in [1.807, 2.05) is 37.3 Å². The second-order valence-corrected chi connectivity index (χ2v) is 6.70. The standard InChI is InChI=1S/C17H14BrN3O2S/c1-2-23-14-6-4-3-5-13(14)15(22)19-17-21-20-16(24-17)11-7-9-12(18)10-8-11/h3-10H,2H2,1H3,(H,19,21,22). The maximum absolute atomic E-state index is 12.4. The highest BCUT2D eigenvalue weighted by Crippen LogP contribution is 2.28. The van der Waals surface area contributed by atoms with Gasteiger partial charge in [0.25, 0.3) is 5.91 Å². The van der Waals surface area contributed by atoms with Crippen LogP contribution in [0, 0.1) is 0 Å². The molecule has 122 valence electrons. The summed E-state index contributed by atoms with van der Waals surface area (Å²) in [6.45, 7) is 2.38. The van der Waals surface area contributed by atoms with Crippen molar-refractivity contribution in [3.8, 4) is 16.3 Å². The molecule has 1 heterocycles. The van der Waals surface area contributed by atoms with Crippen LogP contribution in [0.25, 0.3) is 10.6 Å². The predicted octanol–water partition coefficient (Wildman–Crippen LogP) is 4.62. The zero-order chi connectivity index (χ0) is 16.9. The van der Waals surface area contributed by atoms with E-state index >= 15 is 0 Å². The number of nitrogens with zero attached hydrogens (tertiary/aromatic N) is 2. The zero-order valence-corrected chi connectivity index (χ0v) is 15.2. The number of carbonyl (C=O) groups excluding carboxylic acids is 1. The maximum atomic E-state index is 12.4. The molecular formula is C17H14BrN3O2S. The van der Waals surface area contributed by atoms with Crippen molar-refractivity contribution in [3.05, 3.63) is 58.6 Å². The third kappa shape index (κ3) is 3.80. The lowest BCUT2D eigenvalue weighted by Crippen LogP contribution is -2.13. The number of ether oxygens (including phenoxy) is 1. The lowest BCUT2D eigenvalue weighted by Gasteiger charge is -2.08. The molecule has 0 aliphatic rings. The van der Waals surface area contributed by atoms with E-state index in [9.17, 15) is 4.79 Å². The predicted molar refractivity (Wildman–Crippen MR) is 98.6 cm³/mol. The Bertz CT molecular complexity index is 849. The average molecular weight is 404 g/mol. The number of nitrogens with one attached hydrogen (secondary N) is 1. The Labute approximate surface area is 151 Å². The molecule has 3 rings (SSSR count). The molecule has 7 heteroatoms. The molecular weight excluding hydrogens is 390 g/mol. The van der Waals surface area contributed by atoms with Crippen molar-refractivity contribution < 1.29 is 9.53 Å². The number of benzene rings is 2. The van der Waals surface area contributed by atoms with Crippen molar-refractivity contribution in [3.63, 3.8) is 0 Å². The summed E-state index contributed by atoms with van der Waals surface area (Å²) in [7, 11) is 0. The Hall–Kier alpha value is -2.25. The van der Waals surface area contributed by atoms with E-state index in [2.05, 4.69) is 31.4 Å². The average Bonchev–Trinajstić information content (AvgIpc) is 3.05. The molecule has 0 fully saturated rings. The second kappa shape index (κ2) is 7.55. The monoisotopic (exact) mass is 403 g/mol. The van der Waals surface area contributed by atoms with Crippen molar-refractivity contribution in [2.75, 3.05) is 11.9 Å². The minimum atomic E-state index is -0.266. The maximum Gasteiger partial charge on any atom is 0.261 e. The first-order valence-corrected chi connectivity index (χ1v) is 8.91. The first kappa shape index (κ1) is 16.6. The Morgan fingerprint density at radius 3 is 2.67 bits per heavy atom. The number of hydrogen-bond donors (Lipinski definition) is 1. The van der Waals surface area contributed by atoms with E-state index in [1.165, 1.54) is 11.3 Å². The number of rotatable bonds is 5. The lowest BCUT2D eigenvalue weighted by atomic mass is 10.2. The summed E-state index contributed by atoms with van der Waals surface area (Å²) in [6.07, 6.45) is 0. The molecule has 0 saturated carbocycles. The third-order valence-electron chi connectivity index (χ3n) is 3.17. The third-order valence-corrected chi connectivity index (χ3v) is 4.58. The topological polar surface area (TPSA) is 64.1 Å². The van der Waals surface area contributed by atoms with Gasteiger partial charge in [0.15, 0.2) is 0 Å². The van der Waals surface area contributed by atoms with Crippen LogP contribution in [0.15, 0.2) is 53.0 Å². The van der Waals surface area contributed by atoms with Crippen LogP contribution >= 0.6 is 27.3 Å². The highest BCUT2D eigenvalue weighted by atomic mass is 79.9. The van der Waals surface area contributed by atoms with Gasteiger partial charge in [-0.25, -0.2) is 0 Å². The normalized spacial score (nSPS) is 10.4. The molecule has 0 aliphatic heterocycles. The SMILES string of the molecule is CCOc1ccccc1C(=O)Nc1nnc(-c2ccc(Br)cc2)s1. The van der Waals surface area contributed by atoms with Crippen molar-refractivity contribution in [1.29, 1.82) is 0 Å². The van der Waals surface area contributed by atoms with Crippen LogP contribution in [-0.4, -0.2) is 22.7 Å². The summed E-state index contributed by atoms with van der Waals surface area (Å²) in [6, 6.07) is 14.9. The van der Waals surface area contributed by atoms with Gasteiger partial charge in [-0.15, -0.1) is 10.2 Å². The van der Waals surface area contributed by atoms with Crippen LogP contribution in [0.3, 0.4) is 0 Å². The Kier molecular flexibility index (Phi) is 5.22. The molecule has 5 nitrogen and oxygen atoms in total. The number of carbonyl (C=O) groups is 1. The van der Waals surface area contributed by atoms with Crippen LogP contribution < -0.4 is 10.1 Å². The smallest absolute Gasteiger partial charge is 0.261 e. The van der Waals surface area contributed by atoms with E-state index in [1.54, 1.807) is 18.2 Å². The van der Waals surface area contributed by atoms with Gasteiger partial charge in [0.2, 0.25) is 5.13 Å². The van der Waals surface area contributed by atoms with Crippen LogP contribution in [0.2, 0.25) is 0 Å². The number of hydrogen-bond acceptors (Lipinski definition) is 5. The van der Waals surface area contributed by atoms with Crippen molar-refractivity contribution in [1.82, 2.24) is 10.2 Å². The molecule has 1 aromatic heterocycles. The summed E-state index contributed by atoms with van der Waals surface area (Å²) < 4.78 is 6.48. The van der Waals surface area contributed by atoms with Crippen LogP contribution in [0.4, 0.5) is 5.13 Å². The number of anilines is 1. The van der Waals surface area contributed by atoms with Gasteiger partial charge < -0.3 is 4.74 Å². The molecule has 0 atom stereocenters. The molecule has 0 unspecified atom stereocenters. The van der Waals surface area contributed by atoms with Gasteiger partial charge in [0.05, 0.1) is 12.2 Å². The lowest BCUT2D eigenvalue weighted by molar-refractivity contribution is 0.102. The summed E-state index contributed by atoms with van der Waals surface area (Å²) in [5, 5.41) is 12.1. The number of halogens is 1. The fourth-order valence-electron chi connectivity index (χ4n) is 2.08. The summed E-state index contributed by atoms with van der Waals surface area (Å²) in [5.41, 5.74) is 1.42. The molecule has 0 spiro atoms. The summed E-state index contributed by atoms with van der Waals surface area (Å²) in [4.78, 5) is 12.4. The molecule has 0 saturated heterocycles. The van der Waals surface area contributed by atoms with Gasteiger partial charge in [0, 0.05) is 10.0 Å². The van der Waals surface area contributed by atoms with Crippen LogP contribution in [-0.2, 0) is 0 Å². The molecule has 1 N–H and O–H groups in total. The van der Waals surface area contributed by atoms with Crippen molar-refractivity contribution in [2.45, 2.75) is 6.92 Å². The molecule has 0 radical (unpaired) electrons. The Balaban J connectivity index is 1.77. The highest BCUT2D eigenvalue weighted by Gasteiger charge is 2.15. The molecule has 1 amide bonds. The quantitative estimate of drug-likeness (QED) is 0.674. The van der Waals surface area contributed by atoms with Crippen molar-refractivity contribution in [2.24, 2.45) is 0 Å². The van der Waals surface area contributed by atoms with Gasteiger partial charge in [-0.3, -0.25) is 10.1 Å². The minimum absolute atomic E-state index is 0.266. The van der Waals surface area contributed by atoms with Gasteiger partial charge >= 0.3 is 0 Å². The van der Waals surface area contributed by atoms with E-state index < -0.39 is 0 Å². The van der Waals surface area contributed by atoms with E-state index in [0.29, 0.717) is 23.1 Å². The largest absolute Gasteiger partial charge is 0.493 e.